The highest BCUT2D eigenvalue weighted by Crippen LogP contribution is 2.18. The maximum atomic E-state index is 12.2. The van der Waals surface area contributed by atoms with Crippen LogP contribution < -0.4 is 5.73 Å². The summed E-state index contributed by atoms with van der Waals surface area (Å²) in [4.78, 5) is 15.3. The molecule has 0 saturated heterocycles. The van der Waals surface area contributed by atoms with Crippen LogP contribution in [0, 0.1) is 0 Å². The number of nitrogens with two attached hydrogens (primary N) is 1. The highest BCUT2D eigenvalue weighted by atomic mass is 16.2. The Morgan fingerprint density at radius 3 is 3.00 bits per heavy atom. The minimum Gasteiger partial charge on any atom is -0.396 e. The van der Waals surface area contributed by atoms with Crippen molar-refractivity contribution in [3.05, 3.63) is 48.4 Å². The van der Waals surface area contributed by atoms with E-state index in [0.717, 1.165) is 10.9 Å². The first kappa shape index (κ1) is 9.65. The van der Waals surface area contributed by atoms with Crippen LogP contribution in [0.25, 0.3) is 10.9 Å². The Morgan fingerprint density at radius 2 is 2.24 bits per heavy atom. The fraction of sp³-hybridized carbons (Fsp3) is 0. The minimum atomic E-state index is -0.188. The average molecular weight is 226 g/mol. The minimum absolute atomic E-state index is 0.188. The number of H-pyrrole nitrogens is 1. The Hall–Kier alpha value is -2.56. The first-order valence-electron chi connectivity index (χ1n) is 5.16. The third kappa shape index (κ3) is 1.48. The van der Waals surface area contributed by atoms with Crippen molar-refractivity contribution in [3.63, 3.8) is 0 Å². The van der Waals surface area contributed by atoms with Crippen molar-refractivity contribution in [2.75, 3.05) is 5.73 Å². The van der Waals surface area contributed by atoms with Crippen molar-refractivity contribution in [1.29, 1.82) is 0 Å². The summed E-state index contributed by atoms with van der Waals surface area (Å²) >= 11 is 0. The Morgan fingerprint density at radius 1 is 1.35 bits per heavy atom. The molecule has 0 atom stereocenters. The first-order valence-corrected chi connectivity index (χ1v) is 5.16. The lowest BCUT2D eigenvalue weighted by atomic mass is 10.1. The third-order valence-corrected chi connectivity index (χ3v) is 2.64. The number of hydrogen-bond donors (Lipinski definition) is 2. The van der Waals surface area contributed by atoms with Gasteiger partial charge in [-0.15, -0.1) is 0 Å². The van der Waals surface area contributed by atoms with E-state index < -0.39 is 0 Å². The van der Waals surface area contributed by atoms with E-state index in [-0.39, 0.29) is 5.91 Å². The number of aromatic nitrogens is 3. The second-order valence-corrected chi connectivity index (χ2v) is 3.77. The number of nitrogen functional groups attached to an aromatic ring is 1. The van der Waals surface area contributed by atoms with Crippen LogP contribution >= 0.6 is 0 Å². The molecule has 3 aromatic rings. The van der Waals surface area contributed by atoms with Crippen LogP contribution in [0.1, 0.15) is 10.4 Å². The summed E-state index contributed by atoms with van der Waals surface area (Å²) in [7, 11) is 0. The average Bonchev–Trinajstić information content (AvgIpc) is 2.95. The molecule has 2 heterocycles. The molecule has 0 fully saturated rings. The molecule has 0 aliphatic heterocycles. The topological polar surface area (TPSA) is 76.7 Å². The highest BCUT2D eigenvalue weighted by molar-refractivity contribution is 6.07. The summed E-state index contributed by atoms with van der Waals surface area (Å²) in [5.41, 5.74) is 7.55. The van der Waals surface area contributed by atoms with Crippen LogP contribution in [-0.2, 0) is 0 Å². The summed E-state index contributed by atoms with van der Waals surface area (Å²) in [6.45, 7) is 0. The van der Waals surface area contributed by atoms with Crippen LogP contribution in [0.5, 0.6) is 0 Å². The molecule has 5 nitrogen and oxygen atoms in total. The highest BCUT2D eigenvalue weighted by Gasteiger charge is 2.13. The number of nitrogens with zero attached hydrogens (tertiary/aromatic N) is 2. The Labute approximate surface area is 96.9 Å². The van der Waals surface area contributed by atoms with E-state index in [9.17, 15) is 4.79 Å². The molecular weight excluding hydrogens is 216 g/mol. The van der Waals surface area contributed by atoms with Crippen molar-refractivity contribution in [3.8, 4) is 0 Å². The molecule has 0 aliphatic carbocycles. The summed E-state index contributed by atoms with van der Waals surface area (Å²) in [5, 5.41) is 4.80. The van der Waals surface area contributed by atoms with Gasteiger partial charge in [-0.25, -0.2) is 4.68 Å². The second-order valence-electron chi connectivity index (χ2n) is 3.77. The molecule has 0 bridgehead atoms. The van der Waals surface area contributed by atoms with Crippen LogP contribution in [0.4, 0.5) is 5.69 Å². The molecular formula is C12H10N4O. The normalized spacial score (nSPS) is 10.8. The Balaban J connectivity index is 2.15. The number of benzene rings is 1. The molecule has 0 spiro atoms. The molecule has 0 radical (unpaired) electrons. The predicted molar refractivity (Wildman–Crippen MR) is 64.7 cm³/mol. The molecule has 3 rings (SSSR count). The fourth-order valence-electron chi connectivity index (χ4n) is 1.84. The second kappa shape index (κ2) is 3.48. The lowest BCUT2D eigenvalue weighted by molar-refractivity contribution is 0.0947. The number of nitrogens with one attached hydrogen (secondary N) is 1. The number of aromatic amines is 1. The number of carbonyl (C=O) groups excluding carboxylic acids is 1. The van der Waals surface area contributed by atoms with Gasteiger partial charge in [-0.1, -0.05) is 6.07 Å². The lowest BCUT2D eigenvalue weighted by Crippen LogP contribution is -2.12. The van der Waals surface area contributed by atoms with Crippen molar-refractivity contribution >= 4 is 22.5 Å². The van der Waals surface area contributed by atoms with E-state index in [0.29, 0.717) is 11.3 Å². The molecule has 17 heavy (non-hydrogen) atoms. The van der Waals surface area contributed by atoms with Crippen molar-refractivity contribution < 1.29 is 4.79 Å². The Kier molecular flexibility index (Phi) is 1.98. The van der Waals surface area contributed by atoms with Gasteiger partial charge >= 0.3 is 0 Å². The molecule has 0 unspecified atom stereocenters. The number of anilines is 1. The summed E-state index contributed by atoms with van der Waals surface area (Å²) < 4.78 is 1.25. The number of carbonyl (C=O) groups is 1. The fourth-order valence-corrected chi connectivity index (χ4v) is 1.84. The zero-order valence-electron chi connectivity index (χ0n) is 8.92. The molecule has 0 amide bonds. The molecule has 0 aliphatic rings. The van der Waals surface area contributed by atoms with Gasteiger partial charge in [-0.05, 0) is 18.2 Å². The van der Waals surface area contributed by atoms with Gasteiger partial charge in [0.25, 0.3) is 5.91 Å². The predicted octanol–water partition coefficient (Wildman–Crippen LogP) is 1.64. The van der Waals surface area contributed by atoms with Gasteiger partial charge in [0, 0.05) is 17.1 Å². The lowest BCUT2D eigenvalue weighted by Gasteiger charge is -2.02. The van der Waals surface area contributed by atoms with E-state index in [4.69, 9.17) is 5.73 Å². The van der Waals surface area contributed by atoms with E-state index >= 15 is 0 Å². The first-order chi connectivity index (χ1) is 8.25. The SMILES string of the molecule is Nc1cnn(C(=O)c2cccc3[nH]ccc23)c1. The van der Waals surface area contributed by atoms with Gasteiger partial charge in [-0.2, -0.15) is 5.10 Å². The van der Waals surface area contributed by atoms with Crippen molar-refractivity contribution in [2.45, 2.75) is 0 Å². The van der Waals surface area contributed by atoms with Gasteiger partial charge in [-0.3, -0.25) is 4.79 Å². The van der Waals surface area contributed by atoms with E-state index in [1.165, 1.54) is 17.1 Å². The van der Waals surface area contributed by atoms with Crippen LogP contribution in [-0.4, -0.2) is 20.7 Å². The maximum Gasteiger partial charge on any atom is 0.278 e. The number of rotatable bonds is 1. The largest absolute Gasteiger partial charge is 0.396 e. The quantitative estimate of drug-likeness (QED) is 0.662. The van der Waals surface area contributed by atoms with Gasteiger partial charge in [0.2, 0.25) is 0 Å². The van der Waals surface area contributed by atoms with Gasteiger partial charge in [0.05, 0.1) is 23.6 Å². The number of fused-ring (bicyclic) bond motifs is 1. The molecule has 84 valence electrons. The molecule has 5 heteroatoms. The monoisotopic (exact) mass is 226 g/mol. The molecule has 0 saturated carbocycles. The standard InChI is InChI=1S/C12H10N4O/c13-8-6-15-16(7-8)12(17)10-2-1-3-11-9(10)4-5-14-11/h1-7,14H,13H2. The summed E-state index contributed by atoms with van der Waals surface area (Å²) in [6.07, 6.45) is 4.77. The smallest absolute Gasteiger partial charge is 0.278 e. The van der Waals surface area contributed by atoms with E-state index in [1.807, 2.05) is 18.2 Å². The van der Waals surface area contributed by atoms with Gasteiger partial charge in [0.1, 0.15) is 0 Å². The maximum absolute atomic E-state index is 12.2. The van der Waals surface area contributed by atoms with E-state index in [1.54, 1.807) is 12.3 Å². The van der Waals surface area contributed by atoms with E-state index in [2.05, 4.69) is 10.1 Å². The van der Waals surface area contributed by atoms with Crippen LogP contribution in [0.2, 0.25) is 0 Å². The van der Waals surface area contributed by atoms with Gasteiger partial charge < -0.3 is 10.7 Å². The Bertz CT molecular complexity index is 695. The van der Waals surface area contributed by atoms with Crippen LogP contribution in [0.3, 0.4) is 0 Å². The molecule has 3 N–H and O–H groups in total. The van der Waals surface area contributed by atoms with Gasteiger partial charge in [0.15, 0.2) is 0 Å². The number of hydrogen-bond acceptors (Lipinski definition) is 3. The zero-order chi connectivity index (χ0) is 11.8. The van der Waals surface area contributed by atoms with Crippen LogP contribution in [0.15, 0.2) is 42.9 Å². The van der Waals surface area contributed by atoms with Crippen molar-refractivity contribution in [2.24, 2.45) is 0 Å². The molecule has 1 aromatic carbocycles. The summed E-state index contributed by atoms with van der Waals surface area (Å²) in [6, 6.07) is 7.40. The zero-order valence-corrected chi connectivity index (χ0v) is 8.92. The molecule has 2 aromatic heterocycles. The summed E-state index contributed by atoms with van der Waals surface area (Å²) in [5.74, 6) is -0.188. The van der Waals surface area contributed by atoms with Crippen molar-refractivity contribution in [1.82, 2.24) is 14.8 Å². The third-order valence-electron chi connectivity index (χ3n) is 2.64.